The van der Waals surface area contributed by atoms with Gasteiger partial charge in [-0.15, -0.1) is 0 Å². The quantitative estimate of drug-likeness (QED) is 0.293. The lowest BCUT2D eigenvalue weighted by Gasteiger charge is -2.26. The maximum atomic E-state index is 6.43. The third-order valence-corrected chi connectivity index (χ3v) is 7.03. The van der Waals surface area contributed by atoms with Crippen molar-refractivity contribution in [2.75, 3.05) is 4.90 Å². The Labute approximate surface area is 210 Å². The van der Waals surface area contributed by atoms with Crippen molar-refractivity contribution < 1.29 is 4.42 Å². The van der Waals surface area contributed by atoms with Crippen molar-refractivity contribution in [1.82, 2.24) is 10.3 Å². The Kier molecular flexibility index (Phi) is 6.15. The molecule has 1 aliphatic rings. The number of rotatable bonds is 5. The molecule has 0 radical (unpaired) electrons. The van der Waals surface area contributed by atoms with E-state index in [4.69, 9.17) is 28.2 Å². The minimum absolute atomic E-state index is 0.154. The van der Waals surface area contributed by atoms with Crippen LogP contribution in [0.5, 0.6) is 0 Å². The normalized spacial score (nSPS) is 17.9. The second kappa shape index (κ2) is 9.24. The van der Waals surface area contributed by atoms with Gasteiger partial charge >= 0.3 is 0 Å². The number of hydrogen-bond acceptors (Lipinski definition) is 3. The van der Waals surface area contributed by atoms with Crippen LogP contribution in [0.3, 0.4) is 0 Å². The van der Waals surface area contributed by atoms with Crippen LogP contribution in [-0.4, -0.2) is 10.1 Å². The van der Waals surface area contributed by atoms with Crippen LogP contribution in [0.4, 0.5) is 5.69 Å². The van der Waals surface area contributed by atoms with E-state index in [0.717, 1.165) is 39.1 Å². The Morgan fingerprint density at radius 1 is 1.03 bits per heavy atom. The lowest BCUT2D eigenvalue weighted by Crippen LogP contribution is -2.29. The highest BCUT2D eigenvalue weighted by atomic mass is 35.5. The number of aromatic nitrogens is 1. The van der Waals surface area contributed by atoms with E-state index in [1.54, 1.807) is 6.20 Å². The van der Waals surface area contributed by atoms with E-state index in [9.17, 15) is 0 Å². The summed E-state index contributed by atoms with van der Waals surface area (Å²) in [4.78, 5) is 6.74. The number of anilines is 1. The molecule has 0 unspecified atom stereocenters. The first kappa shape index (κ1) is 22.6. The summed E-state index contributed by atoms with van der Waals surface area (Å²) < 4.78 is 6.43. The van der Waals surface area contributed by atoms with Gasteiger partial charge in [-0.25, -0.2) is 0 Å². The fourth-order valence-corrected chi connectivity index (χ4v) is 4.88. The number of pyridine rings is 1. The Morgan fingerprint density at radius 2 is 1.82 bits per heavy atom. The van der Waals surface area contributed by atoms with Crippen molar-refractivity contribution in [2.45, 2.75) is 38.8 Å². The predicted molar refractivity (Wildman–Crippen MR) is 142 cm³/mol. The van der Waals surface area contributed by atoms with Crippen LogP contribution in [0.25, 0.3) is 11.3 Å². The third kappa shape index (κ3) is 4.22. The molecule has 1 fully saturated rings. The van der Waals surface area contributed by atoms with Gasteiger partial charge < -0.3 is 14.6 Å². The summed E-state index contributed by atoms with van der Waals surface area (Å²) in [5, 5.41) is 4.85. The average molecular weight is 488 g/mol. The van der Waals surface area contributed by atoms with Crippen molar-refractivity contribution in [1.29, 1.82) is 0 Å². The first-order chi connectivity index (χ1) is 16.4. The number of halogens is 1. The smallest absolute Gasteiger partial charge is 0.174 e. The zero-order valence-electron chi connectivity index (χ0n) is 19.3. The first-order valence-electron chi connectivity index (χ1n) is 11.4. The minimum atomic E-state index is -0.193. The van der Waals surface area contributed by atoms with Gasteiger partial charge in [-0.1, -0.05) is 55.8 Å². The van der Waals surface area contributed by atoms with E-state index < -0.39 is 0 Å². The molecule has 5 rings (SSSR count). The molecule has 4 nitrogen and oxygen atoms in total. The number of hydrogen-bond donors (Lipinski definition) is 1. The Balaban J connectivity index is 1.57. The van der Waals surface area contributed by atoms with Crippen LogP contribution in [0.2, 0.25) is 5.02 Å². The fourth-order valence-electron chi connectivity index (χ4n) is 4.35. The molecule has 0 bridgehead atoms. The van der Waals surface area contributed by atoms with Gasteiger partial charge in [-0.3, -0.25) is 4.98 Å². The number of nitrogens with zero attached hydrogens (tertiary/aromatic N) is 2. The minimum Gasteiger partial charge on any atom is -0.459 e. The lowest BCUT2D eigenvalue weighted by molar-refractivity contribution is 0.439. The molecule has 4 aromatic rings. The molecule has 2 atom stereocenters. The van der Waals surface area contributed by atoms with Gasteiger partial charge in [0, 0.05) is 22.5 Å². The number of nitrogens with one attached hydrogen (secondary N) is 1. The van der Waals surface area contributed by atoms with Gasteiger partial charge in [0.2, 0.25) is 0 Å². The molecule has 0 amide bonds. The molecular weight excluding hydrogens is 462 g/mol. The Morgan fingerprint density at radius 3 is 2.50 bits per heavy atom. The molecule has 3 heterocycles. The highest BCUT2D eigenvalue weighted by Crippen LogP contribution is 2.43. The second-order valence-electron chi connectivity index (χ2n) is 8.91. The van der Waals surface area contributed by atoms with Crippen LogP contribution < -0.4 is 10.2 Å². The molecule has 172 valence electrons. The van der Waals surface area contributed by atoms with E-state index in [2.05, 4.69) is 53.3 Å². The number of furan rings is 1. The molecule has 1 N–H and O–H groups in total. The van der Waals surface area contributed by atoms with Crippen LogP contribution in [0.15, 0.2) is 83.4 Å². The van der Waals surface area contributed by atoms with Gasteiger partial charge in [0.15, 0.2) is 5.11 Å². The zero-order valence-corrected chi connectivity index (χ0v) is 20.9. The third-order valence-electron chi connectivity index (χ3n) is 6.31. The van der Waals surface area contributed by atoms with Gasteiger partial charge in [-0.2, -0.15) is 0 Å². The average Bonchev–Trinajstić information content (AvgIpc) is 3.46. The van der Waals surface area contributed by atoms with Crippen LogP contribution in [0.1, 0.15) is 54.4 Å². The maximum absolute atomic E-state index is 6.43. The molecule has 2 aromatic carbocycles. The summed E-state index contributed by atoms with van der Waals surface area (Å²) >= 11 is 12.2. The van der Waals surface area contributed by atoms with Crippen LogP contribution >= 0.6 is 23.8 Å². The molecule has 0 spiro atoms. The van der Waals surface area contributed by atoms with Crippen LogP contribution in [-0.2, 0) is 0 Å². The maximum Gasteiger partial charge on any atom is 0.174 e. The molecular formula is C28H26ClN3OS. The van der Waals surface area contributed by atoms with Crippen molar-refractivity contribution in [2.24, 2.45) is 0 Å². The van der Waals surface area contributed by atoms with Gasteiger partial charge in [0.05, 0.1) is 11.7 Å². The second-order valence-corrected chi connectivity index (χ2v) is 9.70. The molecule has 1 aliphatic heterocycles. The highest BCUT2D eigenvalue weighted by Gasteiger charge is 2.42. The van der Waals surface area contributed by atoms with Gasteiger partial charge in [0.1, 0.15) is 17.6 Å². The number of thiocarbonyl (C=S) groups is 1. The number of aryl methyl sites for hydroxylation is 1. The van der Waals surface area contributed by atoms with Crippen LogP contribution in [0, 0.1) is 6.92 Å². The molecule has 6 heteroatoms. The van der Waals surface area contributed by atoms with Crippen molar-refractivity contribution in [3.63, 3.8) is 0 Å². The summed E-state index contributed by atoms with van der Waals surface area (Å²) in [5.41, 5.74) is 5.19. The molecule has 1 saturated heterocycles. The van der Waals surface area contributed by atoms with E-state index in [1.807, 2.05) is 55.5 Å². The summed E-state index contributed by atoms with van der Waals surface area (Å²) in [6.45, 7) is 6.38. The summed E-state index contributed by atoms with van der Waals surface area (Å²) in [7, 11) is 0. The van der Waals surface area contributed by atoms with E-state index in [1.165, 1.54) is 5.56 Å². The molecule has 2 aromatic heterocycles. The topological polar surface area (TPSA) is 41.3 Å². The number of benzene rings is 2. The van der Waals surface area contributed by atoms with Crippen molar-refractivity contribution in [3.8, 4) is 11.3 Å². The standard InChI is InChI=1S/C28H26ClN3OS/c1-17(2)19-9-11-21(12-10-19)32-27(26(31-28(32)34)23-6-4-5-15-30-23)25-14-13-24(33-25)20-8-7-18(3)22(29)16-20/h4-17,26-27H,1-3H3,(H,31,34)/t26-,27-/m0/s1. The zero-order chi connectivity index (χ0) is 23.8. The molecule has 0 aliphatic carbocycles. The SMILES string of the molecule is Cc1ccc(-c2ccc([C@H]3[C@H](c4ccccn4)NC(=S)N3c3ccc(C(C)C)cc3)o2)cc1Cl. The monoisotopic (exact) mass is 487 g/mol. The van der Waals surface area contributed by atoms with Crippen molar-refractivity contribution in [3.05, 3.63) is 107 Å². The highest BCUT2D eigenvalue weighted by molar-refractivity contribution is 7.80. The van der Waals surface area contributed by atoms with E-state index in [-0.39, 0.29) is 12.1 Å². The lowest BCUT2D eigenvalue weighted by atomic mass is 10.0. The van der Waals surface area contributed by atoms with Gasteiger partial charge in [-0.05, 0) is 78.7 Å². The molecule has 34 heavy (non-hydrogen) atoms. The Hall–Kier alpha value is -3.15. The van der Waals surface area contributed by atoms with E-state index in [0.29, 0.717) is 11.0 Å². The fraction of sp³-hybridized carbons (Fsp3) is 0.214. The predicted octanol–water partition coefficient (Wildman–Crippen LogP) is 7.60. The largest absolute Gasteiger partial charge is 0.459 e. The Bertz CT molecular complexity index is 1320. The van der Waals surface area contributed by atoms with Gasteiger partial charge in [0.25, 0.3) is 0 Å². The summed E-state index contributed by atoms with van der Waals surface area (Å²) in [6.07, 6.45) is 1.80. The van der Waals surface area contributed by atoms with E-state index >= 15 is 0 Å². The van der Waals surface area contributed by atoms with Crippen molar-refractivity contribution >= 4 is 34.6 Å². The first-order valence-corrected chi connectivity index (χ1v) is 12.2. The molecule has 0 saturated carbocycles. The summed E-state index contributed by atoms with van der Waals surface area (Å²) in [5.74, 6) is 2.04. The summed E-state index contributed by atoms with van der Waals surface area (Å²) in [6, 6.07) is 24.1.